The molecule has 2 aromatic heterocycles. The first-order chi connectivity index (χ1) is 7.75. The summed E-state index contributed by atoms with van der Waals surface area (Å²) in [6, 6.07) is 0. The molecule has 0 unspecified atom stereocenters. The summed E-state index contributed by atoms with van der Waals surface area (Å²) < 4.78 is 0.842. The molecular formula is C8H8BrN5OS. The molecule has 0 aromatic carbocycles. The summed E-state index contributed by atoms with van der Waals surface area (Å²) in [4.78, 5) is 15.5. The molecule has 2 rings (SSSR count). The molecule has 6 nitrogen and oxygen atoms in total. The Morgan fingerprint density at radius 3 is 3.06 bits per heavy atom. The van der Waals surface area contributed by atoms with Crippen LogP contribution in [0.15, 0.2) is 16.2 Å². The zero-order valence-electron chi connectivity index (χ0n) is 8.11. The van der Waals surface area contributed by atoms with Crippen LogP contribution >= 0.6 is 27.3 Å². The Morgan fingerprint density at radius 2 is 2.44 bits per heavy atom. The van der Waals surface area contributed by atoms with Gasteiger partial charge in [-0.1, -0.05) is 0 Å². The molecule has 1 amide bonds. The van der Waals surface area contributed by atoms with Gasteiger partial charge in [0.05, 0.1) is 21.9 Å². The largest absolute Gasteiger partial charge is 0.350 e. The van der Waals surface area contributed by atoms with E-state index in [2.05, 4.69) is 41.6 Å². The molecule has 0 saturated heterocycles. The number of carbonyl (C=O) groups is 1. The summed E-state index contributed by atoms with van der Waals surface area (Å²) >= 11 is 4.56. The molecule has 0 radical (unpaired) electrons. The summed E-state index contributed by atoms with van der Waals surface area (Å²) in [5.74, 6) is -0.167. The van der Waals surface area contributed by atoms with Crippen LogP contribution in [-0.2, 0) is 6.42 Å². The van der Waals surface area contributed by atoms with E-state index in [9.17, 15) is 4.79 Å². The summed E-state index contributed by atoms with van der Waals surface area (Å²) in [7, 11) is 0. The molecule has 0 fully saturated rings. The molecule has 2 N–H and O–H groups in total. The van der Waals surface area contributed by atoms with Crippen molar-refractivity contribution in [2.24, 2.45) is 0 Å². The molecule has 0 aliphatic carbocycles. The van der Waals surface area contributed by atoms with E-state index in [1.807, 2.05) is 0 Å². The van der Waals surface area contributed by atoms with Crippen molar-refractivity contribution >= 4 is 33.2 Å². The van der Waals surface area contributed by atoms with Crippen LogP contribution in [0.3, 0.4) is 0 Å². The first-order valence-electron chi connectivity index (χ1n) is 4.50. The Hall–Kier alpha value is -1.28. The Bertz CT molecular complexity index is 468. The second kappa shape index (κ2) is 5.17. The average molecular weight is 302 g/mol. The number of H-pyrrole nitrogens is 1. The van der Waals surface area contributed by atoms with E-state index in [-0.39, 0.29) is 5.91 Å². The third-order valence-electron chi connectivity index (χ3n) is 1.80. The number of nitrogens with one attached hydrogen (secondary N) is 2. The minimum atomic E-state index is -0.167. The lowest BCUT2D eigenvalue weighted by Gasteiger charge is -1.99. The summed E-state index contributed by atoms with van der Waals surface area (Å²) in [6.45, 7) is 0.516. The monoisotopic (exact) mass is 301 g/mol. The average Bonchev–Trinajstić information content (AvgIpc) is 2.89. The van der Waals surface area contributed by atoms with E-state index in [0.29, 0.717) is 18.0 Å². The van der Waals surface area contributed by atoms with Gasteiger partial charge in [-0.25, -0.2) is 4.98 Å². The van der Waals surface area contributed by atoms with Gasteiger partial charge in [-0.2, -0.15) is 15.4 Å². The number of thiazole rings is 1. The Morgan fingerprint density at radius 1 is 1.56 bits per heavy atom. The van der Waals surface area contributed by atoms with Crippen LogP contribution < -0.4 is 5.32 Å². The standard InChI is InChI=1S/C8H8BrN5OS/c9-6-4-11-8(16-6)7(15)10-2-1-5-3-12-14-13-5/h3-4H,1-2H2,(H,10,15)(H,12,13,14). The fourth-order valence-electron chi connectivity index (χ4n) is 1.08. The van der Waals surface area contributed by atoms with Gasteiger partial charge in [-0.15, -0.1) is 11.3 Å². The third kappa shape index (κ3) is 2.86. The Labute approximate surface area is 104 Å². The van der Waals surface area contributed by atoms with Crippen LogP contribution in [0.25, 0.3) is 0 Å². The maximum Gasteiger partial charge on any atom is 0.280 e. The van der Waals surface area contributed by atoms with Crippen LogP contribution in [0.4, 0.5) is 0 Å². The maximum absolute atomic E-state index is 11.6. The predicted octanol–water partition coefficient (Wildman–Crippen LogP) is 0.996. The van der Waals surface area contributed by atoms with E-state index in [1.165, 1.54) is 11.3 Å². The molecule has 0 spiro atoms. The molecule has 0 atom stereocenters. The van der Waals surface area contributed by atoms with Crippen molar-refractivity contribution in [2.45, 2.75) is 6.42 Å². The predicted molar refractivity (Wildman–Crippen MR) is 62.2 cm³/mol. The fourth-order valence-corrected chi connectivity index (χ4v) is 2.21. The first-order valence-corrected chi connectivity index (χ1v) is 6.11. The number of hydrogen-bond donors (Lipinski definition) is 2. The van der Waals surface area contributed by atoms with Gasteiger partial charge < -0.3 is 5.32 Å². The Kier molecular flexibility index (Phi) is 3.62. The molecule has 0 aliphatic rings. The number of aromatic amines is 1. The lowest BCUT2D eigenvalue weighted by Crippen LogP contribution is -2.25. The lowest BCUT2D eigenvalue weighted by molar-refractivity contribution is 0.0953. The second-order valence-electron chi connectivity index (χ2n) is 2.94. The van der Waals surface area contributed by atoms with Crippen LogP contribution in [0, 0.1) is 0 Å². The first kappa shape index (κ1) is 11.2. The summed E-state index contributed by atoms with van der Waals surface area (Å²) in [5, 5.41) is 13.3. The van der Waals surface area contributed by atoms with E-state index < -0.39 is 0 Å². The molecule has 2 aromatic rings. The summed E-state index contributed by atoms with van der Waals surface area (Å²) in [5.41, 5.74) is 0.820. The second-order valence-corrected chi connectivity index (χ2v) is 5.35. The highest BCUT2D eigenvalue weighted by molar-refractivity contribution is 9.11. The highest BCUT2D eigenvalue weighted by Gasteiger charge is 2.09. The SMILES string of the molecule is O=C(NCCc1cn[nH]n1)c1ncc(Br)s1. The van der Waals surface area contributed by atoms with E-state index in [1.54, 1.807) is 12.4 Å². The fraction of sp³-hybridized carbons (Fsp3) is 0.250. The highest BCUT2D eigenvalue weighted by atomic mass is 79.9. The maximum atomic E-state index is 11.6. The van der Waals surface area contributed by atoms with Gasteiger partial charge in [-0.3, -0.25) is 4.79 Å². The van der Waals surface area contributed by atoms with Crippen LogP contribution in [0.5, 0.6) is 0 Å². The number of rotatable bonds is 4. The number of nitrogens with zero attached hydrogens (tertiary/aromatic N) is 3. The van der Waals surface area contributed by atoms with Gasteiger partial charge in [0.25, 0.3) is 5.91 Å². The van der Waals surface area contributed by atoms with Gasteiger partial charge in [0.1, 0.15) is 0 Å². The van der Waals surface area contributed by atoms with Crippen molar-refractivity contribution in [3.8, 4) is 0 Å². The van der Waals surface area contributed by atoms with Crippen LogP contribution in [0.2, 0.25) is 0 Å². The van der Waals surface area contributed by atoms with Crippen molar-refractivity contribution < 1.29 is 4.79 Å². The van der Waals surface area contributed by atoms with Crippen LogP contribution in [-0.4, -0.2) is 32.8 Å². The normalized spacial score (nSPS) is 10.3. The van der Waals surface area contributed by atoms with Crippen molar-refractivity contribution in [2.75, 3.05) is 6.54 Å². The van der Waals surface area contributed by atoms with Crippen LogP contribution in [0.1, 0.15) is 15.5 Å². The van der Waals surface area contributed by atoms with Gasteiger partial charge in [0, 0.05) is 13.0 Å². The molecule has 0 saturated carbocycles. The van der Waals surface area contributed by atoms with Crippen molar-refractivity contribution in [1.29, 1.82) is 0 Å². The number of aromatic nitrogens is 4. The number of amides is 1. The third-order valence-corrected chi connectivity index (χ3v) is 3.28. The van der Waals surface area contributed by atoms with Crippen molar-refractivity contribution in [1.82, 2.24) is 25.7 Å². The lowest BCUT2D eigenvalue weighted by atomic mass is 10.3. The molecule has 2 heterocycles. The van der Waals surface area contributed by atoms with Gasteiger partial charge in [-0.05, 0) is 15.9 Å². The van der Waals surface area contributed by atoms with E-state index in [4.69, 9.17) is 0 Å². The molecule has 8 heteroatoms. The number of hydrogen-bond acceptors (Lipinski definition) is 5. The Balaban J connectivity index is 1.80. The molecule has 0 bridgehead atoms. The molecule has 84 valence electrons. The smallest absolute Gasteiger partial charge is 0.280 e. The van der Waals surface area contributed by atoms with Crippen molar-refractivity contribution in [3.63, 3.8) is 0 Å². The molecule has 16 heavy (non-hydrogen) atoms. The quantitative estimate of drug-likeness (QED) is 0.882. The zero-order chi connectivity index (χ0) is 11.4. The topological polar surface area (TPSA) is 83.6 Å². The highest BCUT2D eigenvalue weighted by Crippen LogP contribution is 2.18. The van der Waals surface area contributed by atoms with Gasteiger partial charge >= 0.3 is 0 Å². The minimum Gasteiger partial charge on any atom is -0.350 e. The van der Waals surface area contributed by atoms with E-state index >= 15 is 0 Å². The minimum absolute atomic E-state index is 0.167. The van der Waals surface area contributed by atoms with Gasteiger partial charge in [0.15, 0.2) is 5.01 Å². The summed E-state index contributed by atoms with van der Waals surface area (Å²) in [6.07, 6.45) is 3.89. The number of halogens is 1. The van der Waals surface area contributed by atoms with E-state index in [0.717, 1.165) is 9.48 Å². The number of carbonyl (C=O) groups excluding carboxylic acids is 1. The van der Waals surface area contributed by atoms with Crippen molar-refractivity contribution in [3.05, 3.63) is 26.9 Å². The zero-order valence-corrected chi connectivity index (χ0v) is 10.5. The molecular weight excluding hydrogens is 294 g/mol. The molecule has 0 aliphatic heterocycles. The van der Waals surface area contributed by atoms with Gasteiger partial charge in [0.2, 0.25) is 0 Å².